The minimum atomic E-state index is -0.307. The van der Waals surface area contributed by atoms with Crippen molar-refractivity contribution < 1.29 is 9.59 Å². The molecule has 0 atom stereocenters. The lowest BCUT2D eigenvalue weighted by molar-refractivity contribution is -0.126. The van der Waals surface area contributed by atoms with Gasteiger partial charge in [0.05, 0.1) is 18.9 Å². The Morgan fingerprint density at radius 1 is 1.13 bits per heavy atom. The van der Waals surface area contributed by atoms with E-state index in [0.29, 0.717) is 0 Å². The fourth-order valence-corrected chi connectivity index (χ4v) is 1.26. The van der Waals surface area contributed by atoms with Gasteiger partial charge in [0.25, 0.3) is 0 Å². The van der Waals surface area contributed by atoms with Gasteiger partial charge in [-0.05, 0) is 5.56 Å². The van der Waals surface area contributed by atoms with Gasteiger partial charge in [0.2, 0.25) is 0 Å². The first kappa shape index (κ1) is 11.1. The Morgan fingerprint density at radius 3 is 2.40 bits per heavy atom. The van der Waals surface area contributed by atoms with Crippen LogP contribution in [0.25, 0.3) is 0 Å². The molecule has 0 heterocycles. The van der Waals surface area contributed by atoms with Crippen molar-refractivity contribution >= 4 is 11.6 Å². The van der Waals surface area contributed by atoms with Gasteiger partial charge in [0, 0.05) is 6.42 Å². The molecule has 76 valence electrons. The SMILES string of the molecule is N#CCC(=O)CC(=O)Cc1ccccc1. The Labute approximate surface area is 88.3 Å². The topological polar surface area (TPSA) is 57.9 Å². The Bertz CT molecular complexity index is 390. The van der Waals surface area contributed by atoms with Gasteiger partial charge in [-0.2, -0.15) is 5.26 Å². The largest absolute Gasteiger partial charge is 0.299 e. The number of carbonyl (C=O) groups is 2. The number of carbonyl (C=O) groups excluding carboxylic acids is 2. The van der Waals surface area contributed by atoms with Crippen molar-refractivity contribution in [1.82, 2.24) is 0 Å². The van der Waals surface area contributed by atoms with E-state index in [1.165, 1.54) is 0 Å². The molecule has 0 saturated heterocycles. The molecule has 1 aromatic rings. The molecule has 0 aliphatic carbocycles. The fraction of sp³-hybridized carbons (Fsp3) is 0.250. The van der Waals surface area contributed by atoms with Crippen LogP contribution >= 0.6 is 0 Å². The monoisotopic (exact) mass is 201 g/mol. The smallest absolute Gasteiger partial charge is 0.154 e. The third kappa shape index (κ3) is 4.19. The standard InChI is InChI=1S/C12H11NO2/c13-7-6-11(14)9-12(15)8-10-4-2-1-3-5-10/h1-5H,6,8-9H2. The summed E-state index contributed by atoms with van der Waals surface area (Å²) >= 11 is 0. The van der Waals surface area contributed by atoms with E-state index in [1.807, 2.05) is 30.3 Å². The number of Topliss-reactive ketones (excluding diaryl/α,β-unsaturated/α-hetero) is 2. The highest BCUT2D eigenvalue weighted by atomic mass is 16.1. The first-order chi connectivity index (χ1) is 7.22. The van der Waals surface area contributed by atoms with E-state index in [9.17, 15) is 9.59 Å². The van der Waals surface area contributed by atoms with Crippen LogP contribution in [0, 0.1) is 11.3 Å². The lowest BCUT2D eigenvalue weighted by Gasteiger charge is -1.98. The summed E-state index contributed by atoms with van der Waals surface area (Å²) in [4.78, 5) is 22.4. The van der Waals surface area contributed by atoms with E-state index in [1.54, 1.807) is 6.07 Å². The molecule has 1 aromatic carbocycles. The second kappa shape index (κ2) is 5.71. The quantitative estimate of drug-likeness (QED) is 0.681. The van der Waals surface area contributed by atoms with Crippen LogP contribution in [0.5, 0.6) is 0 Å². The highest BCUT2D eigenvalue weighted by Crippen LogP contribution is 2.02. The van der Waals surface area contributed by atoms with Gasteiger partial charge in [-0.1, -0.05) is 30.3 Å². The second-order valence-corrected chi connectivity index (χ2v) is 3.25. The molecule has 1 rings (SSSR count). The van der Waals surface area contributed by atoms with Gasteiger partial charge in [-0.25, -0.2) is 0 Å². The highest BCUT2D eigenvalue weighted by molar-refractivity contribution is 6.00. The first-order valence-corrected chi connectivity index (χ1v) is 4.66. The Morgan fingerprint density at radius 2 is 1.80 bits per heavy atom. The van der Waals surface area contributed by atoms with Crippen LogP contribution < -0.4 is 0 Å². The summed E-state index contributed by atoms with van der Waals surface area (Å²) in [6.45, 7) is 0. The van der Waals surface area contributed by atoms with Crippen LogP contribution in [0.2, 0.25) is 0 Å². The maximum Gasteiger partial charge on any atom is 0.154 e. The number of hydrogen-bond donors (Lipinski definition) is 0. The molecule has 3 heteroatoms. The van der Waals surface area contributed by atoms with Crippen LogP contribution in [0.15, 0.2) is 30.3 Å². The van der Waals surface area contributed by atoms with E-state index in [2.05, 4.69) is 0 Å². The maximum atomic E-state index is 11.4. The van der Waals surface area contributed by atoms with Gasteiger partial charge in [-0.15, -0.1) is 0 Å². The summed E-state index contributed by atoms with van der Waals surface area (Å²) in [7, 11) is 0. The van der Waals surface area contributed by atoms with E-state index >= 15 is 0 Å². The van der Waals surface area contributed by atoms with Crippen molar-refractivity contribution in [2.75, 3.05) is 0 Å². The molecule has 0 aliphatic rings. The molecule has 0 aromatic heterocycles. The van der Waals surface area contributed by atoms with Crippen LogP contribution in [0.4, 0.5) is 0 Å². The fourth-order valence-electron chi connectivity index (χ4n) is 1.26. The zero-order valence-electron chi connectivity index (χ0n) is 8.27. The van der Waals surface area contributed by atoms with E-state index < -0.39 is 0 Å². The molecule has 0 spiro atoms. The summed E-state index contributed by atoms with van der Waals surface area (Å²) in [6, 6.07) is 11.0. The molecule has 15 heavy (non-hydrogen) atoms. The molecule has 0 bridgehead atoms. The van der Waals surface area contributed by atoms with Gasteiger partial charge < -0.3 is 0 Å². The number of benzene rings is 1. The van der Waals surface area contributed by atoms with Crippen LogP contribution in [0.3, 0.4) is 0 Å². The Kier molecular flexibility index (Phi) is 4.24. The van der Waals surface area contributed by atoms with Gasteiger partial charge in [0.1, 0.15) is 5.78 Å². The number of nitrogens with zero attached hydrogens (tertiary/aromatic N) is 1. The number of hydrogen-bond acceptors (Lipinski definition) is 3. The van der Waals surface area contributed by atoms with E-state index in [4.69, 9.17) is 5.26 Å². The molecule has 0 unspecified atom stereocenters. The summed E-state index contributed by atoms with van der Waals surface area (Å²) in [5.74, 6) is -0.445. The van der Waals surface area contributed by atoms with Crippen molar-refractivity contribution in [1.29, 1.82) is 5.26 Å². The lowest BCUT2D eigenvalue weighted by Crippen LogP contribution is -2.09. The molecule has 3 nitrogen and oxygen atoms in total. The average Bonchev–Trinajstić information content (AvgIpc) is 2.19. The van der Waals surface area contributed by atoms with Crippen molar-refractivity contribution in [2.45, 2.75) is 19.3 Å². The third-order valence-corrected chi connectivity index (χ3v) is 1.91. The zero-order chi connectivity index (χ0) is 11.1. The predicted molar refractivity (Wildman–Crippen MR) is 55.0 cm³/mol. The van der Waals surface area contributed by atoms with Crippen LogP contribution in [0.1, 0.15) is 18.4 Å². The summed E-state index contributed by atoms with van der Waals surface area (Å²) in [6.07, 6.45) is -0.0546. The minimum absolute atomic E-state index is 0.136. The lowest BCUT2D eigenvalue weighted by atomic mass is 10.0. The zero-order valence-corrected chi connectivity index (χ0v) is 8.27. The number of rotatable bonds is 5. The molecule has 0 aliphatic heterocycles. The van der Waals surface area contributed by atoms with Crippen molar-refractivity contribution in [2.24, 2.45) is 0 Å². The first-order valence-electron chi connectivity index (χ1n) is 4.66. The normalized spacial score (nSPS) is 9.27. The molecule has 0 amide bonds. The summed E-state index contributed by atoms with van der Waals surface area (Å²) < 4.78 is 0. The third-order valence-electron chi connectivity index (χ3n) is 1.91. The molecule has 0 radical (unpaired) electrons. The highest BCUT2D eigenvalue weighted by Gasteiger charge is 2.09. The van der Waals surface area contributed by atoms with Crippen LogP contribution in [-0.2, 0) is 16.0 Å². The van der Waals surface area contributed by atoms with Crippen molar-refractivity contribution in [3.63, 3.8) is 0 Å². The molecular weight excluding hydrogens is 190 g/mol. The molecule has 0 fully saturated rings. The molecule has 0 N–H and O–H groups in total. The minimum Gasteiger partial charge on any atom is -0.299 e. The Balaban J connectivity index is 2.44. The summed E-state index contributed by atoms with van der Waals surface area (Å²) in [5.41, 5.74) is 0.896. The van der Waals surface area contributed by atoms with Gasteiger partial charge >= 0.3 is 0 Å². The average molecular weight is 201 g/mol. The number of ketones is 2. The maximum absolute atomic E-state index is 11.4. The molecular formula is C12H11NO2. The Hall–Kier alpha value is -1.95. The van der Waals surface area contributed by atoms with Crippen molar-refractivity contribution in [3.05, 3.63) is 35.9 Å². The second-order valence-electron chi connectivity index (χ2n) is 3.25. The predicted octanol–water partition coefficient (Wildman–Crippen LogP) is 1.67. The van der Waals surface area contributed by atoms with E-state index in [0.717, 1.165) is 5.56 Å². The van der Waals surface area contributed by atoms with Gasteiger partial charge in [-0.3, -0.25) is 9.59 Å². The molecule has 0 saturated carbocycles. The van der Waals surface area contributed by atoms with Crippen molar-refractivity contribution in [3.8, 4) is 6.07 Å². The summed E-state index contributed by atoms with van der Waals surface area (Å²) in [5, 5.41) is 8.26. The number of nitriles is 1. The van der Waals surface area contributed by atoms with E-state index in [-0.39, 0.29) is 30.8 Å². The van der Waals surface area contributed by atoms with Gasteiger partial charge in [0.15, 0.2) is 5.78 Å². The van der Waals surface area contributed by atoms with Crippen LogP contribution in [-0.4, -0.2) is 11.6 Å².